The third kappa shape index (κ3) is 3.67. The first kappa shape index (κ1) is 17.4. The van der Waals surface area contributed by atoms with Gasteiger partial charge < -0.3 is 10.6 Å². The van der Waals surface area contributed by atoms with Crippen LogP contribution in [0.25, 0.3) is 0 Å². The Morgan fingerprint density at radius 2 is 1.84 bits per heavy atom. The Kier molecular flexibility index (Phi) is 4.78. The maximum atomic E-state index is 13.2. The third-order valence-corrected chi connectivity index (χ3v) is 5.90. The molecule has 3 rings (SSSR count). The summed E-state index contributed by atoms with van der Waals surface area (Å²) >= 11 is 0. The van der Waals surface area contributed by atoms with Crippen LogP contribution in [-0.2, 0) is 21.4 Å². The molecule has 1 atom stereocenters. The summed E-state index contributed by atoms with van der Waals surface area (Å²) in [6.45, 7) is 4.36. The quantitative estimate of drug-likeness (QED) is 0.882. The molecule has 1 heterocycles. The Hall–Kier alpha value is -2.38. The number of anilines is 2. The minimum absolute atomic E-state index is 0.0285. The van der Waals surface area contributed by atoms with Gasteiger partial charge in [-0.05, 0) is 42.8 Å². The van der Waals surface area contributed by atoms with Crippen molar-refractivity contribution in [3.63, 3.8) is 0 Å². The number of carbonyl (C=O) groups excluding carboxylic acids is 1. The predicted octanol–water partition coefficient (Wildman–Crippen LogP) is 2.33. The van der Waals surface area contributed by atoms with Crippen molar-refractivity contribution in [2.45, 2.75) is 31.3 Å². The van der Waals surface area contributed by atoms with E-state index in [-0.39, 0.29) is 16.8 Å². The van der Waals surface area contributed by atoms with E-state index >= 15 is 0 Å². The molecular weight excluding hydrogens is 338 g/mol. The van der Waals surface area contributed by atoms with Crippen molar-refractivity contribution in [3.8, 4) is 0 Å². The number of hydrogen-bond donors (Lipinski definition) is 2. The van der Waals surface area contributed by atoms with Crippen LogP contribution in [0.4, 0.5) is 11.4 Å². The minimum Gasteiger partial charge on any atom is -0.326 e. The Morgan fingerprint density at radius 3 is 2.52 bits per heavy atom. The van der Waals surface area contributed by atoms with E-state index in [1.54, 1.807) is 12.1 Å². The van der Waals surface area contributed by atoms with E-state index in [1.807, 2.05) is 31.2 Å². The Morgan fingerprint density at radius 1 is 1.16 bits per heavy atom. The molecule has 2 aromatic rings. The Balaban J connectivity index is 1.99. The predicted molar refractivity (Wildman–Crippen MR) is 98.0 cm³/mol. The van der Waals surface area contributed by atoms with Crippen molar-refractivity contribution in [2.24, 2.45) is 0 Å². The van der Waals surface area contributed by atoms with Gasteiger partial charge in [0, 0.05) is 31.7 Å². The van der Waals surface area contributed by atoms with Crippen molar-refractivity contribution >= 4 is 27.3 Å². The monoisotopic (exact) mass is 359 g/mol. The number of nitrogens with one attached hydrogen (secondary N) is 2. The highest BCUT2D eigenvalue weighted by Gasteiger charge is 2.29. The first-order valence-electron chi connectivity index (χ1n) is 8.09. The number of carbonyl (C=O) groups is 1. The molecule has 1 aliphatic rings. The second kappa shape index (κ2) is 6.85. The summed E-state index contributed by atoms with van der Waals surface area (Å²) in [5.74, 6) is -0.197. The lowest BCUT2D eigenvalue weighted by molar-refractivity contribution is -0.114. The molecule has 0 aliphatic carbocycles. The van der Waals surface area contributed by atoms with Crippen LogP contribution in [0.2, 0.25) is 0 Å². The maximum Gasteiger partial charge on any atom is 0.264 e. The van der Waals surface area contributed by atoms with E-state index < -0.39 is 10.0 Å². The van der Waals surface area contributed by atoms with Gasteiger partial charge in [0.2, 0.25) is 5.91 Å². The van der Waals surface area contributed by atoms with E-state index in [1.165, 1.54) is 23.4 Å². The number of nitrogens with zero attached hydrogens (tertiary/aromatic N) is 1. The largest absolute Gasteiger partial charge is 0.326 e. The second-order valence-electron chi connectivity index (χ2n) is 6.15. The summed E-state index contributed by atoms with van der Waals surface area (Å²) in [7, 11) is -3.70. The van der Waals surface area contributed by atoms with Crippen molar-refractivity contribution < 1.29 is 13.2 Å². The number of amides is 1. The lowest BCUT2D eigenvalue weighted by atomic mass is 10.2. The SMILES string of the molecule is CC(=O)Nc1ccc(S(=O)(=O)N2CC(C)NCc3ccccc32)cc1. The maximum absolute atomic E-state index is 13.2. The molecular formula is C18H21N3O3S. The summed E-state index contributed by atoms with van der Waals surface area (Å²) in [6.07, 6.45) is 0. The lowest BCUT2D eigenvalue weighted by Gasteiger charge is -2.26. The van der Waals surface area contributed by atoms with Crippen molar-refractivity contribution in [1.29, 1.82) is 0 Å². The third-order valence-electron chi connectivity index (χ3n) is 4.10. The van der Waals surface area contributed by atoms with E-state index in [9.17, 15) is 13.2 Å². The van der Waals surface area contributed by atoms with Gasteiger partial charge >= 0.3 is 0 Å². The fourth-order valence-electron chi connectivity index (χ4n) is 2.87. The van der Waals surface area contributed by atoms with E-state index in [0.717, 1.165) is 5.56 Å². The molecule has 7 heteroatoms. The molecule has 0 radical (unpaired) electrons. The number of benzene rings is 2. The molecule has 0 saturated carbocycles. The summed E-state index contributed by atoms with van der Waals surface area (Å²) in [5.41, 5.74) is 2.22. The van der Waals surface area contributed by atoms with E-state index in [4.69, 9.17) is 0 Å². The summed E-state index contributed by atoms with van der Waals surface area (Å²) in [6, 6.07) is 13.8. The average molecular weight is 359 g/mol. The van der Waals surface area contributed by atoms with Crippen molar-refractivity contribution in [3.05, 3.63) is 54.1 Å². The van der Waals surface area contributed by atoms with Gasteiger partial charge in [-0.3, -0.25) is 9.10 Å². The van der Waals surface area contributed by atoms with Crippen LogP contribution >= 0.6 is 0 Å². The number of rotatable bonds is 3. The molecule has 2 aromatic carbocycles. The van der Waals surface area contributed by atoms with Gasteiger partial charge in [0.15, 0.2) is 0 Å². The molecule has 0 bridgehead atoms. The molecule has 0 fully saturated rings. The number of sulfonamides is 1. The lowest BCUT2D eigenvalue weighted by Crippen LogP contribution is -2.39. The van der Waals surface area contributed by atoms with Gasteiger partial charge in [0.1, 0.15) is 0 Å². The molecule has 6 nitrogen and oxygen atoms in total. The van der Waals surface area contributed by atoms with Gasteiger partial charge in [-0.2, -0.15) is 0 Å². The highest BCUT2D eigenvalue weighted by Crippen LogP contribution is 2.29. The van der Waals surface area contributed by atoms with Crippen LogP contribution in [0.15, 0.2) is 53.4 Å². The van der Waals surface area contributed by atoms with Gasteiger partial charge in [0.05, 0.1) is 10.6 Å². The number of hydrogen-bond acceptors (Lipinski definition) is 4. The number of para-hydroxylation sites is 1. The zero-order valence-electron chi connectivity index (χ0n) is 14.2. The van der Waals surface area contributed by atoms with Crippen LogP contribution in [0.3, 0.4) is 0 Å². The molecule has 1 unspecified atom stereocenters. The molecule has 2 N–H and O–H groups in total. The first-order valence-corrected chi connectivity index (χ1v) is 9.53. The van der Waals surface area contributed by atoms with Crippen LogP contribution in [-0.4, -0.2) is 26.9 Å². The molecule has 132 valence electrons. The van der Waals surface area contributed by atoms with Crippen molar-refractivity contribution in [2.75, 3.05) is 16.2 Å². The van der Waals surface area contributed by atoms with Gasteiger partial charge in [-0.25, -0.2) is 8.42 Å². The fourth-order valence-corrected chi connectivity index (χ4v) is 4.46. The topological polar surface area (TPSA) is 78.5 Å². The molecule has 25 heavy (non-hydrogen) atoms. The van der Waals surface area contributed by atoms with Crippen LogP contribution in [0, 0.1) is 0 Å². The highest BCUT2D eigenvalue weighted by molar-refractivity contribution is 7.92. The average Bonchev–Trinajstić information content (AvgIpc) is 2.75. The van der Waals surface area contributed by atoms with E-state index in [0.29, 0.717) is 24.5 Å². The first-order chi connectivity index (χ1) is 11.9. The summed E-state index contributed by atoms with van der Waals surface area (Å²) in [4.78, 5) is 11.3. The van der Waals surface area contributed by atoms with Gasteiger partial charge in [0.25, 0.3) is 10.0 Å². The van der Waals surface area contributed by atoms with E-state index in [2.05, 4.69) is 10.6 Å². The van der Waals surface area contributed by atoms with Gasteiger partial charge in [-0.1, -0.05) is 18.2 Å². The van der Waals surface area contributed by atoms with Crippen molar-refractivity contribution in [1.82, 2.24) is 5.32 Å². The minimum atomic E-state index is -3.70. The normalized spacial score (nSPS) is 17.5. The zero-order valence-corrected chi connectivity index (χ0v) is 15.0. The van der Waals surface area contributed by atoms with Crippen LogP contribution < -0.4 is 14.9 Å². The summed E-state index contributed by atoms with van der Waals surface area (Å²) < 4.78 is 27.8. The Bertz CT molecular complexity index is 879. The number of fused-ring (bicyclic) bond motifs is 1. The smallest absolute Gasteiger partial charge is 0.264 e. The molecule has 1 aliphatic heterocycles. The zero-order chi connectivity index (χ0) is 18.0. The van der Waals surface area contributed by atoms with Gasteiger partial charge in [-0.15, -0.1) is 0 Å². The fraction of sp³-hybridized carbons (Fsp3) is 0.278. The Labute approximate surface area is 147 Å². The second-order valence-corrected chi connectivity index (χ2v) is 8.01. The van der Waals surface area contributed by atoms with Crippen LogP contribution in [0.5, 0.6) is 0 Å². The molecule has 0 aromatic heterocycles. The molecule has 0 saturated heterocycles. The van der Waals surface area contributed by atoms with Crippen LogP contribution in [0.1, 0.15) is 19.4 Å². The molecule has 0 spiro atoms. The molecule has 1 amide bonds. The standard InChI is InChI=1S/C18H21N3O3S/c1-13-12-21(18-6-4-3-5-15(18)11-19-13)25(23,24)17-9-7-16(8-10-17)20-14(2)22/h3-10,13,19H,11-12H2,1-2H3,(H,20,22). The summed E-state index contributed by atoms with van der Waals surface area (Å²) in [5, 5.41) is 5.97. The highest BCUT2D eigenvalue weighted by atomic mass is 32.2.